The van der Waals surface area contributed by atoms with Crippen molar-refractivity contribution in [3.8, 4) is 0 Å². The maximum Gasteiger partial charge on any atom is 0.338 e. The zero-order chi connectivity index (χ0) is 15.1. The van der Waals surface area contributed by atoms with E-state index in [1.54, 1.807) is 0 Å². The maximum atomic E-state index is 11.7. The number of aliphatic hydroxyl groups excluding tert-OH is 3. The Morgan fingerprint density at radius 1 is 1.20 bits per heavy atom. The van der Waals surface area contributed by atoms with Crippen molar-refractivity contribution in [1.29, 1.82) is 0 Å². The second-order valence-corrected chi connectivity index (χ2v) is 5.27. The summed E-state index contributed by atoms with van der Waals surface area (Å²) in [5.41, 5.74) is 0. The van der Waals surface area contributed by atoms with E-state index in [4.69, 9.17) is 0 Å². The van der Waals surface area contributed by atoms with E-state index in [0.717, 1.165) is 25.7 Å². The van der Waals surface area contributed by atoms with Crippen molar-refractivity contribution in [2.75, 3.05) is 0 Å². The highest BCUT2D eigenvalue weighted by Gasteiger charge is 2.47. The number of cyclic esters (lactones) is 1. The molecule has 0 bridgehead atoms. The molecule has 1 heterocycles. The van der Waals surface area contributed by atoms with Crippen molar-refractivity contribution >= 4 is 11.8 Å². The second-order valence-electron chi connectivity index (χ2n) is 5.27. The van der Waals surface area contributed by atoms with Crippen molar-refractivity contribution in [1.82, 2.24) is 0 Å². The lowest BCUT2D eigenvalue weighted by molar-refractivity contribution is -0.153. The third-order valence-electron chi connectivity index (χ3n) is 3.57. The summed E-state index contributed by atoms with van der Waals surface area (Å²) in [5.74, 6) is -1.47. The molecule has 0 saturated carbocycles. The largest absolute Gasteiger partial charge is 0.454 e. The molecule has 3 N–H and O–H groups in total. The minimum absolute atomic E-state index is 0.185. The van der Waals surface area contributed by atoms with Crippen LogP contribution >= 0.6 is 0 Å². The Labute approximate surface area is 118 Å². The van der Waals surface area contributed by atoms with Crippen LogP contribution < -0.4 is 0 Å². The molecule has 0 aromatic carbocycles. The lowest BCUT2D eigenvalue weighted by atomic mass is 9.99. The van der Waals surface area contributed by atoms with Crippen LogP contribution in [0.1, 0.15) is 51.9 Å². The van der Waals surface area contributed by atoms with E-state index in [-0.39, 0.29) is 6.42 Å². The lowest BCUT2D eigenvalue weighted by Gasteiger charge is -2.18. The number of Topliss-reactive ketones (excluding diaryl/α,β-unsaturated/α-hetero) is 1. The predicted octanol–water partition coefficient (Wildman–Crippen LogP) is 0.314. The number of unbranched alkanes of at least 4 members (excludes halogenated alkanes) is 5. The summed E-state index contributed by atoms with van der Waals surface area (Å²) < 4.78 is 4.62. The Morgan fingerprint density at radius 2 is 1.80 bits per heavy atom. The van der Waals surface area contributed by atoms with E-state index >= 15 is 0 Å². The Hall–Kier alpha value is -0.980. The molecular weight excluding hydrogens is 264 g/mol. The average Bonchev–Trinajstić information content (AvgIpc) is 2.69. The molecule has 6 heteroatoms. The first kappa shape index (κ1) is 17.1. The molecule has 0 spiro atoms. The summed E-state index contributed by atoms with van der Waals surface area (Å²) in [5, 5.41) is 28.5. The molecule has 0 aliphatic carbocycles. The smallest absolute Gasteiger partial charge is 0.338 e. The zero-order valence-electron chi connectivity index (χ0n) is 11.8. The predicted molar refractivity (Wildman–Crippen MR) is 70.9 cm³/mol. The molecule has 1 saturated heterocycles. The van der Waals surface area contributed by atoms with Gasteiger partial charge in [-0.25, -0.2) is 4.79 Å². The number of esters is 1. The highest BCUT2D eigenvalue weighted by molar-refractivity contribution is 5.85. The van der Waals surface area contributed by atoms with Crippen LogP contribution in [-0.4, -0.2) is 51.5 Å². The van der Waals surface area contributed by atoms with Crippen LogP contribution in [0.5, 0.6) is 0 Å². The van der Waals surface area contributed by atoms with Gasteiger partial charge >= 0.3 is 5.97 Å². The second kappa shape index (κ2) is 8.34. The Morgan fingerprint density at radius 3 is 2.35 bits per heavy atom. The summed E-state index contributed by atoms with van der Waals surface area (Å²) >= 11 is 0. The Bertz CT molecular complexity index is 330. The molecule has 1 fully saturated rings. The number of ether oxygens (including phenoxy) is 1. The monoisotopic (exact) mass is 288 g/mol. The van der Waals surface area contributed by atoms with E-state index in [2.05, 4.69) is 11.7 Å². The van der Waals surface area contributed by atoms with Crippen LogP contribution in [0.4, 0.5) is 0 Å². The van der Waals surface area contributed by atoms with Gasteiger partial charge in [0.1, 0.15) is 6.10 Å². The summed E-state index contributed by atoms with van der Waals surface area (Å²) in [6, 6.07) is 0. The number of rotatable bonds is 9. The van der Waals surface area contributed by atoms with Gasteiger partial charge in [-0.2, -0.15) is 0 Å². The van der Waals surface area contributed by atoms with E-state index in [1.807, 2.05) is 0 Å². The Balaban J connectivity index is 2.27. The number of carbonyl (C=O) groups is 2. The van der Waals surface area contributed by atoms with E-state index in [1.165, 1.54) is 6.42 Å². The van der Waals surface area contributed by atoms with Crippen molar-refractivity contribution in [3.05, 3.63) is 0 Å². The third kappa shape index (κ3) is 4.54. The number of aliphatic hydroxyl groups is 3. The molecule has 6 nitrogen and oxygen atoms in total. The first-order valence-corrected chi connectivity index (χ1v) is 7.26. The molecule has 116 valence electrons. The number of hydrogen-bond donors (Lipinski definition) is 3. The summed E-state index contributed by atoms with van der Waals surface area (Å²) in [6.07, 6.45) is 0.130. The Kier molecular flexibility index (Phi) is 7.12. The van der Waals surface area contributed by atoms with Crippen molar-refractivity contribution in [3.63, 3.8) is 0 Å². The van der Waals surface area contributed by atoms with Gasteiger partial charge in [0.05, 0.1) is 0 Å². The van der Waals surface area contributed by atoms with Crippen LogP contribution in [0.2, 0.25) is 0 Å². The van der Waals surface area contributed by atoms with Crippen molar-refractivity contribution < 1.29 is 29.6 Å². The number of ketones is 1. The van der Waals surface area contributed by atoms with Crippen LogP contribution in [0.15, 0.2) is 0 Å². The van der Waals surface area contributed by atoms with Gasteiger partial charge in [-0.1, -0.05) is 39.0 Å². The van der Waals surface area contributed by atoms with Crippen LogP contribution in [-0.2, 0) is 14.3 Å². The number of hydrogen-bond acceptors (Lipinski definition) is 6. The quantitative estimate of drug-likeness (QED) is 0.417. The van der Waals surface area contributed by atoms with Gasteiger partial charge in [0.15, 0.2) is 24.1 Å². The van der Waals surface area contributed by atoms with Crippen molar-refractivity contribution in [2.24, 2.45) is 0 Å². The average molecular weight is 288 g/mol. The fourth-order valence-electron chi connectivity index (χ4n) is 2.25. The molecule has 0 unspecified atom stereocenters. The molecule has 0 radical (unpaired) electrons. The van der Waals surface area contributed by atoms with Gasteiger partial charge in [-0.3, -0.25) is 4.79 Å². The first-order valence-electron chi connectivity index (χ1n) is 7.26. The van der Waals surface area contributed by atoms with Gasteiger partial charge < -0.3 is 20.1 Å². The van der Waals surface area contributed by atoms with Gasteiger partial charge in [-0.05, 0) is 6.42 Å². The molecule has 4 atom stereocenters. The van der Waals surface area contributed by atoms with Crippen LogP contribution in [0.3, 0.4) is 0 Å². The molecule has 20 heavy (non-hydrogen) atoms. The SMILES string of the molecule is CCCCCCCCC(=O)[C@H](O)[C@H]1OC(=O)[C@@H](O)[C@H]1O. The van der Waals surface area contributed by atoms with Gasteiger partial charge in [0, 0.05) is 6.42 Å². The van der Waals surface area contributed by atoms with Gasteiger partial charge in [-0.15, -0.1) is 0 Å². The van der Waals surface area contributed by atoms with E-state index in [0.29, 0.717) is 6.42 Å². The fourth-order valence-corrected chi connectivity index (χ4v) is 2.25. The highest BCUT2D eigenvalue weighted by atomic mass is 16.6. The molecule has 0 aromatic rings. The molecule has 0 aromatic heterocycles. The fraction of sp³-hybridized carbons (Fsp3) is 0.857. The van der Waals surface area contributed by atoms with Crippen LogP contribution in [0.25, 0.3) is 0 Å². The van der Waals surface area contributed by atoms with E-state index in [9.17, 15) is 24.9 Å². The minimum atomic E-state index is -1.68. The van der Waals surface area contributed by atoms with Crippen LogP contribution in [0, 0.1) is 0 Å². The molecule has 1 aliphatic heterocycles. The molecule has 1 rings (SSSR count). The summed E-state index contributed by atoms with van der Waals surface area (Å²) in [6.45, 7) is 2.13. The third-order valence-corrected chi connectivity index (χ3v) is 3.57. The minimum Gasteiger partial charge on any atom is -0.454 e. The van der Waals surface area contributed by atoms with Gasteiger partial charge in [0.2, 0.25) is 0 Å². The maximum absolute atomic E-state index is 11.7. The molecular formula is C14H24O6. The normalized spacial score (nSPS) is 27.4. The van der Waals surface area contributed by atoms with Gasteiger partial charge in [0.25, 0.3) is 0 Å². The molecule has 0 amide bonds. The highest BCUT2D eigenvalue weighted by Crippen LogP contribution is 2.20. The topological polar surface area (TPSA) is 104 Å². The number of carbonyl (C=O) groups excluding carboxylic acids is 2. The standard InChI is InChI=1S/C14H24O6/c1-2-3-4-5-6-7-8-9(15)10(16)13-11(17)12(18)14(19)20-13/h10-13,16-18H,2-8H2,1H3/t10-,11+,12-,13+/m0/s1. The summed E-state index contributed by atoms with van der Waals surface area (Å²) in [7, 11) is 0. The van der Waals surface area contributed by atoms with Crippen molar-refractivity contribution in [2.45, 2.75) is 76.3 Å². The molecule has 1 aliphatic rings. The first-order chi connectivity index (χ1) is 9.49. The summed E-state index contributed by atoms with van der Waals surface area (Å²) in [4.78, 5) is 22.8. The lowest BCUT2D eigenvalue weighted by Crippen LogP contribution is -2.42. The zero-order valence-corrected chi connectivity index (χ0v) is 11.8. The van der Waals surface area contributed by atoms with E-state index < -0.39 is 36.2 Å².